The third kappa shape index (κ3) is 57.0. The number of carbonyl (C=O) groups excluding carboxylic acids is 3. The fourth-order valence-electron chi connectivity index (χ4n) is 8.01. The summed E-state index contributed by atoms with van der Waals surface area (Å²) in [5.41, 5.74) is 0. The van der Waals surface area contributed by atoms with E-state index in [1.54, 1.807) is 0 Å². The highest BCUT2D eigenvalue weighted by atomic mass is 16.6. The van der Waals surface area contributed by atoms with Gasteiger partial charge in [0, 0.05) is 19.3 Å². The van der Waals surface area contributed by atoms with Crippen LogP contribution in [0.2, 0.25) is 0 Å². The summed E-state index contributed by atoms with van der Waals surface area (Å²) in [6.07, 6.45) is 80.8. The number of esters is 3. The number of ether oxygens (including phenoxy) is 3. The van der Waals surface area contributed by atoms with Gasteiger partial charge in [0.05, 0.1) is 0 Å². The Kier molecular flexibility index (Phi) is 56.4. The van der Waals surface area contributed by atoms with Crippen LogP contribution >= 0.6 is 0 Å². The van der Waals surface area contributed by atoms with Crippen LogP contribution in [-0.2, 0) is 28.6 Å². The van der Waals surface area contributed by atoms with Gasteiger partial charge in [-0.15, -0.1) is 0 Å². The quantitative estimate of drug-likeness (QED) is 0.0261. The molecule has 6 heteroatoms. The lowest BCUT2D eigenvalue weighted by molar-refractivity contribution is -0.167. The minimum absolute atomic E-state index is 0.103. The van der Waals surface area contributed by atoms with Gasteiger partial charge < -0.3 is 14.2 Å². The number of rotatable bonds is 53. The predicted molar refractivity (Wildman–Crippen MR) is 311 cm³/mol. The lowest BCUT2D eigenvalue weighted by Gasteiger charge is -2.18. The van der Waals surface area contributed by atoms with Crippen LogP contribution in [0.5, 0.6) is 0 Å². The lowest BCUT2D eigenvalue weighted by Crippen LogP contribution is -2.30. The fourth-order valence-corrected chi connectivity index (χ4v) is 8.01. The molecule has 0 aromatic heterocycles. The summed E-state index contributed by atoms with van der Waals surface area (Å²) in [4.78, 5) is 38.2. The molecule has 0 aromatic rings. The lowest BCUT2D eigenvalue weighted by atomic mass is 10.1. The fraction of sp³-hybridized carbons (Fsp3) is 0.682. The third-order valence-electron chi connectivity index (χ3n) is 12.5. The Morgan fingerprint density at radius 1 is 0.292 bits per heavy atom. The highest BCUT2D eigenvalue weighted by Gasteiger charge is 2.19. The van der Waals surface area contributed by atoms with E-state index in [1.807, 2.05) is 0 Å². The molecule has 0 heterocycles. The molecule has 0 aliphatic heterocycles. The van der Waals surface area contributed by atoms with E-state index in [2.05, 4.69) is 130 Å². The van der Waals surface area contributed by atoms with Gasteiger partial charge in [-0.2, -0.15) is 0 Å². The zero-order valence-electron chi connectivity index (χ0n) is 46.9. The standard InChI is InChI=1S/C66H110O6/c1-4-7-10-13-16-19-22-25-28-30-31-32-33-34-35-37-38-41-44-47-50-53-56-59-65(68)71-62-63(61-70-64(67)58-55-52-49-46-43-40-27-24-21-18-15-12-9-6-3)72-66(69)60-57-54-51-48-45-42-39-36-29-26-23-20-17-14-11-8-5-2/h7,10,16,19,24-29,31-32,34-35,38,41,47,50,63H,4-6,8-9,11-15,17-18,20-23,30,33,36-37,39-40,42-46,48-49,51-62H2,1-3H3/b10-7-,19-16-,27-24-,28-25-,29-26-,32-31-,35-34-,41-38-,50-47-. The summed E-state index contributed by atoms with van der Waals surface area (Å²) < 4.78 is 16.8. The van der Waals surface area contributed by atoms with Crippen molar-refractivity contribution in [3.8, 4) is 0 Å². The summed E-state index contributed by atoms with van der Waals surface area (Å²) in [7, 11) is 0. The van der Waals surface area contributed by atoms with Gasteiger partial charge in [0.2, 0.25) is 0 Å². The average Bonchev–Trinajstić information content (AvgIpc) is 3.38. The maximum atomic E-state index is 12.9. The minimum atomic E-state index is -0.809. The van der Waals surface area contributed by atoms with Gasteiger partial charge in [-0.05, 0) is 122 Å². The van der Waals surface area contributed by atoms with Crippen LogP contribution in [0.15, 0.2) is 109 Å². The minimum Gasteiger partial charge on any atom is -0.462 e. The van der Waals surface area contributed by atoms with Crippen LogP contribution < -0.4 is 0 Å². The summed E-state index contributed by atoms with van der Waals surface area (Å²) in [6.45, 7) is 6.46. The Morgan fingerprint density at radius 3 is 0.917 bits per heavy atom. The van der Waals surface area contributed by atoms with Gasteiger partial charge in [-0.1, -0.05) is 239 Å². The van der Waals surface area contributed by atoms with Crippen molar-refractivity contribution in [1.82, 2.24) is 0 Å². The van der Waals surface area contributed by atoms with Crippen LogP contribution in [-0.4, -0.2) is 37.2 Å². The molecular weight excluding hydrogens is 889 g/mol. The Labute approximate surface area is 444 Å². The molecule has 410 valence electrons. The van der Waals surface area contributed by atoms with Crippen molar-refractivity contribution in [2.75, 3.05) is 13.2 Å². The first-order chi connectivity index (χ1) is 35.5. The molecule has 0 spiro atoms. The van der Waals surface area contributed by atoms with E-state index in [-0.39, 0.29) is 37.5 Å². The first-order valence-corrected chi connectivity index (χ1v) is 29.9. The van der Waals surface area contributed by atoms with Crippen LogP contribution in [0.1, 0.15) is 271 Å². The highest BCUT2D eigenvalue weighted by molar-refractivity contribution is 5.71. The third-order valence-corrected chi connectivity index (χ3v) is 12.5. The van der Waals surface area contributed by atoms with Gasteiger partial charge in [-0.3, -0.25) is 14.4 Å². The maximum absolute atomic E-state index is 12.9. The van der Waals surface area contributed by atoms with Crippen molar-refractivity contribution in [3.05, 3.63) is 109 Å². The van der Waals surface area contributed by atoms with Gasteiger partial charge in [0.15, 0.2) is 6.10 Å². The van der Waals surface area contributed by atoms with Gasteiger partial charge >= 0.3 is 17.9 Å². The second kappa shape index (κ2) is 59.6. The number of allylic oxidation sites excluding steroid dienone is 18. The second-order valence-electron chi connectivity index (χ2n) is 19.5. The molecule has 0 aliphatic rings. The molecule has 0 aliphatic carbocycles. The smallest absolute Gasteiger partial charge is 0.306 e. The summed E-state index contributed by atoms with van der Waals surface area (Å²) in [5, 5.41) is 0. The molecule has 0 bridgehead atoms. The number of carbonyl (C=O) groups is 3. The zero-order valence-corrected chi connectivity index (χ0v) is 46.9. The molecule has 6 nitrogen and oxygen atoms in total. The molecule has 72 heavy (non-hydrogen) atoms. The number of hydrogen-bond donors (Lipinski definition) is 0. The number of unbranched alkanes of at least 4 members (excludes halogenated alkanes) is 24. The molecule has 0 radical (unpaired) electrons. The van der Waals surface area contributed by atoms with E-state index in [0.717, 1.165) is 103 Å². The van der Waals surface area contributed by atoms with Crippen molar-refractivity contribution >= 4 is 17.9 Å². The number of hydrogen-bond acceptors (Lipinski definition) is 6. The largest absolute Gasteiger partial charge is 0.462 e. The van der Waals surface area contributed by atoms with Crippen LogP contribution in [0.25, 0.3) is 0 Å². The molecule has 0 rings (SSSR count). The average molecular weight is 1000 g/mol. The molecule has 0 N–H and O–H groups in total. The summed E-state index contributed by atoms with van der Waals surface area (Å²) in [5.74, 6) is -0.974. The Morgan fingerprint density at radius 2 is 0.556 bits per heavy atom. The topological polar surface area (TPSA) is 78.9 Å². The summed E-state index contributed by atoms with van der Waals surface area (Å²) >= 11 is 0. The second-order valence-corrected chi connectivity index (χ2v) is 19.5. The van der Waals surface area contributed by atoms with Crippen molar-refractivity contribution in [2.24, 2.45) is 0 Å². The molecule has 0 aromatic carbocycles. The first kappa shape index (κ1) is 68.1. The Balaban J connectivity index is 4.49. The first-order valence-electron chi connectivity index (χ1n) is 29.9. The molecule has 1 atom stereocenters. The van der Waals surface area contributed by atoms with E-state index in [9.17, 15) is 14.4 Å². The van der Waals surface area contributed by atoms with Crippen molar-refractivity contribution in [3.63, 3.8) is 0 Å². The molecule has 1 unspecified atom stereocenters. The van der Waals surface area contributed by atoms with Crippen molar-refractivity contribution in [2.45, 2.75) is 277 Å². The van der Waals surface area contributed by atoms with Crippen LogP contribution in [0.3, 0.4) is 0 Å². The molecule has 0 saturated heterocycles. The van der Waals surface area contributed by atoms with Crippen LogP contribution in [0, 0.1) is 0 Å². The van der Waals surface area contributed by atoms with Gasteiger partial charge in [-0.25, -0.2) is 0 Å². The normalized spacial score (nSPS) is 12.9. The van der Waals surface area contributed by atoms with E-state index in [0.29, 0.717) is 19.3 Å². The highest BCUT2D eigenvalue weighted by Crippen LogP contribution is 2.14. The van der Waals surface area contributed by atoms with E-state index in [1.165, 1.54) is 122 Å². The van der Waals surface area contributed by atoms with Crippen molar-refractivity contribution in [1.29, 1.82) is 0 Å². The molecule has 0 fully saturated rings. The van der Waals surface area contributed by atoms with E-state index < -0.39 is 6.10 Å². The molecule has 0 saturated carbocycles. The predicted octanol–water partition coefficient (Wildman–Crippen LogP) is 20.3. The van der Waals surface area contributed by atoms with Crippen molar-refractivity contribution < 1.29 is 28.6 Å². The SMILES string of the molecule is CC/C=C\C/C=C\C/C=C\C/C=C\C/C=C\C/C=C\C/C=C\CCCC(=O)OCC(COC(=O)CCCCCCC/C=C\CCCCCCC)OC(=O)CCCCCCCCC/C=C\CCCCCCCC. The van der Waals surface area contributed by atoms with E-state index in [4.69, 9.17) is 14.2 Å². The van der Waals surface area contributed by atoms with Gasteiger partial charge in [0.25, 0.3) is 0 Å². The Bertz CT molecular complexity index is 1470. The molecule has 0 amide bonds. The van der Waals surface area contributed by atoms with Crippen LogP contribution in [0.4, 0.5) is 0 Å². The van der Waals surface area contributed by atoms with Gasteiger partial charge in [0.1, 0.15) is 13.2 Å². The maximum Gasteiger partial charge on any atom is 0.306 e. The summed E-state index contributed by atoms with van der Waals surface area (Å²) in [6, 6.07) is 0. The monoisotopic (exact) mass is 999 g/mol. The van der Waals surface area contributed by atoms with E-state index >= 15 is 0 Å². The Hall–Kier alpha value is -3.93. The molecular formula is C66H110O6. The zero-order chi connectivity index (χ0) is 52.2.